The predicted molar refractivity (Wildman–Crippen MR) is 52.0 cm³/mol. The first-order chi connectivity index (χ1) is 8.14. The Kier molecular flexibility index (Phi) is 10.4. The third-order valence-electron chi connectivity index (χ3n) is 1.01. The lowest BCUT2D eigenvalue weighted by Crippen LogP contribution is -2.60. The van der Waals surface area contributed by atoms with Crippen LogP contribution in [0.4, 0.5) is 0 Å². The summed E-state index contributed by atoms with van der Waals surface area (Å²) in [7, 11) is 0. The molecule has 0 heterocycles. The van der Waals surface area contributed by atoms with Crippen LogP contribution in [0, 0.1) is 0 Å². The maximum Gasteiger partial charge on any atom is 0.343 e. The first-order valence-electron chi connectivity index (χ1n) is 4.21. The number of hydrogen-bond acceptors (Lipinski definition) is 13. The summed E-state index contributed by atoms with van der Waals surface area (Å²) in [5.41, 5.74) is 19.2. The number of hydrogen-bond donors (Lipinski definition) is 9. The van der Waals surface area contributed by atoms with Gasteiger partial charge in [0.25, 0.3) is 0 Å². The maximum absolute atomic E-state index is 8.17. The summed E-state index contributed by atoms with van der Waals surface area (Å²) in [6, 6.07) is -4.94. The Balaban J connectivity index is 0. The number of nitrogens with two attached hydrogens (primary N) is 4. The molecule has 0 saturated carbocycles. The van der Waals surface area contributed by atoms with Crippen molar-refractivity contribution in [3.8, 4) is 0 Å². The molecule has 0 fully saturated rings. The Morgan fingerprint density at radius 1 is 0.833 bits per heavy atom. The molecular formula is C5H18N4O9. The first-order valence-corrected chi connectivity index (χ1v) is 4.21. The number of aliphatic hydroxyl groups is 3. The van der Waals surface area contributed by atoms with E-state index < -0.39 is 18.2 Å². The van der Waals surface area contributed by atoms with E-state index in [1.165, 1.54) is 0 Å². The average molecular weight is 278 g/mol. The predicted octanol–water partition coefficient (Wildman–Crippen LogP) is -4.70. The third kappa shape index (κ3) is 12.0. The van der Waals surface area contributed by atoms with Crippen molar-refractivity contribution in [1.82, 2.24) is 0 Å². The van der Waals surface area contributed by atoms with Gasteiger partial charge in [0.15, 0.2) is 0 Å². The van der Waals surface area contributed by atoms with Gasteiger partial charge in [-0.05, 0) is 0 Å². The molecule has 0 saturated heterocycles. The van der Waals surface area contributed by atoms with Crippen molar-refractivity contribution in [3.05, 3.63) is 0 Å². The normalized spacial score (nSPS) is 12.3. The zero-order valence-corrected chi connectivity index (χ0v) is 9.17. The number of rotatable bonds is 7. The van der Waals surface area contributed by atoms with Crippen molar-refractivity contribution < 1.29 is 45.4 Å². The summed E-state index contributed by atoms with van der Waals surface area (Å²) in [5, 5.41) is 39.9. The molecule has 13 heteroatoms. The highest BCUT2D eigenvalue weighted by Crippen LogP contribution is 2.01. The van der Waals surface area contributed by atoms with Crippen LogP contribution >= 0.6 is 0 Å². The fourth-order valence-electron chi connectivity index (χ4n) is 0.218. The molecule has 0 aromatic heterocycles. The summed E-state index contributed by atoms with van der Waals surface area (Å²) >= 11 is 0. The minimum atomic E-state index is -2.47. The molecule has 0 radical (unpaired) electrons. The molecule has 0 bridgehead atoms. The molecule has 13 nitrogen and oxygen atoms in total. The van der Waals surface area contributed by atoms with E-state index in [1.807, 2.05) is 0 Å². The molecule has 0 spiro atoms. The van der Waals surface area contributed by atoms with Gasteiger partial charge >= 0.3 is 12.1 Å². The molecule has 0 atom stereocenters. The molecule has 18 heavy (non-hydrogen) atoms. The molecule has 13 N–H and O–H groups in total. The van der Waals surface area contributed by atoms with Gasteiger partial charge in [-0.2, -0.15) is 19.6 Å². The van der Waals surface area contributed by atoms with Crippen LogP contribution in [0.1, 0.15) is 0 Å². The van der Waals surface area contributed by atoms with E-state index in [2.05, 4.69) is 19.6 Å². The van der Waals surface area contributed by atoms with Crippen LogP contribution in [0.2, 0.25) is 0 Å². The van der Waals surface area contributed by atoms with Crippen molar-refractivity contribution >= 4 is 0 Å². The van der Waals surface area contributed by atoms with E-state index in [-0.39, 0.29) is 13.2 Å². The monoisotopic (exact) mass is 278 g/mol. The quantitative estimate of drug-likeness (QED) is 0.121. The smallest absolute Gasteiger partial charge is 0.343 e. The average Bonchev–Trinajstić information content (AvgIpc) is 2.36. The van der Waals surface area contributed by atoms with Gasteiger partial charge in [0, 0.05) is 0 Å². The van der Waals surface area contributed by atoms with Crippen molar-refractivity contribution in [2.75, 3.05) is 13.2 Å². The molecular weight excluding hydrogens is 260 g/mol. The van der Waals surface area contributed by atoms with Gasteiger partial charge in [-0.3, -0.25) is 22.9 Å². The van der Waals surface area contributed by atoms with E-state index in [0.717, 1.165) is 0 Å². The highest BCUT2D eigenvalue weighted by molar-refractivity contribution is 4.44. The summed E-state index contributed by atoms with van der Waals surface area (Å²) in [5.74, 6) is 0. The van der Waals surface area contributed by atoms with E-state index >= 15 is 0 Å². The van der Waals surface area contributed by atoms with Gasteiger partial charge in [0.05, 0.1) is 13.2 Å². The first kappa shape index (κ1) is 19.8. The standard InChI is InChI=1S/C3H8O3.C2H10N4O6/c4-1-3(6)2-5;3-1(4,9-7)11-12-2(5,6)10-8/h3-6H,1-2H2;7-8H,3-6H2. The molecule has 0 aliphatic rings. The molecule has 0 aliphatic heterocycles. The van der Waals surface area contributed by atoms with Crippen LogP contribution in [0.3, 0.4) is 0 Å². The Hall–Kier alpha value is -0.520. The van der Waals surface area contributed by atoms with Crippen molar-refractivity contribution in [3.63, 3.8) is 0 Å². The Morgan fingerprint density at radius 2 is 1.11 bits per heavy atom. The number of aliphatic hydroxyl groups excluding tert-OH is 3. The lowest BCUT2D eigenvalue weighted by molar-refractivity contribution is -0.569. The Bertz CT molecular complexity index is 183. The van der Waals surface area contributed by atoms with Crippen LogP contribution in [-0.2, 0) is 19.6 Å². The summed E-state index contributed by atoms with van der Waals surface area (Å²) < 4.78 is 0. The fraction of sp³-hybridized carbons (Fsp3) is 1.00. The molecule has 0 aromatic rings. The van der Waals surface area contributed by atoms with Crippen LogP contribution in [0.5, 0.6) is 0 Å². The van der Waals surface area contributed by atoms with Crippen LogP contribution in [0.15, 0.2) is 0 Å². The highest BCUT2D eigenvalue weighted by Gasteiger charge is 2.30. The van der Waals surface area contributed by atoms with Crippen LogP contribution in [0.25, 0.3) is 0 Å². The third-order valence-corrected chi connectivity index (χ3v) is 1.01. The second kappa shape index (κ2) is 9.42. The second-order valence-corrected chi connectivity index (χ2v) is 2.81. The van der Waals surface area contributed by atoms with Crippen molar-refractivity contribution in [2.45, 2.75) is 18.2 Å². The minimum Gasteiger partial charge on any atom is -0.394 e. The SMILES string of the molecule is NC(N)(OO)OOC(N)(N)OO.OCC(O)CO. The van der Waals surface area contributed by atoms with Gasteiger partial charge < -0.3 is 15.3 Å². The van der Waals surface area contributed by atoms with Crippen molar-refractivity contribution in [2.24, 2.45) is 22.9 Å². The van der Waals surface area contributed by atoms with Crippen LogP contribution < -0.4 is 22.9 Å². The molecule has 112 valence electrons. The zero-order chi connectivity index (χ0) is 14.8. The Labute approximate surface area is 101 Å². The van der Waals surface area contributed by atoms with Gasteiger partial charge in [-0.25, -0.2) is 10.5 Å². The summed E-state index contributed by atoms with van der Waals surface area (Å²) in [4.78, 5) is 14.4. The molecule has 0 aromatic carbocycles. The molecule has 0 aliphatic carbocycles. The highest BCUT2D eigenvalue weighted by atomic mass is 17.3. The van der Waals surface area contributed by atoms with E-state index in [0.29, 0.717) is 0 Å². The summed E-state index contributed by atoms with van der Waals surface area (Å²) in [6.45, 7) is -0.729. The Morgan fingerprint density at radius 3 is 1.22 bits per heavy atom. The minimum absolute atomic E-state index is 0.365. The van der Waals surface area contributed by atoms with Crippen LogP contribution in [-0.4, -0.2) is 57.2 Å². The van der Waals surface area contributed by atoms with E-state index in [1.54, 1.807) is 0 Å². The summed E-state index contributed by atoms with van der Waals surface area (Å²) in [6.07, 6.45) is -0.954. The topological polar surface area (TPSA) is 242 Å². The second-order valence-electron chi connectivity index (χ2n) is 2.81. The fourth-order valence-corrected chi connectivity index (χ4v) is 0.218. The largest absolute Gasteiger partial charge is 0.394 e. The molecule has 0 amide bonds. The van der Waals surface area contributed by atoms with Gasteiger partial charge in [-0.15, -0.1) is 0 Å². The van der Waals surface area contributed by atoms with E-state index in [9.17, 15) is 0 Å². The van der Waals surface area contributed by atoms with Crippen molar-refractivity contribution in [1.29, 1.82) is 0 Å². The van der Waals surface area contributed by atoms with Gasteiger partial charge in [0.1, 0.15) is 6.10 Å². The maximum atomic E-state index is 8.17. The lowest BCUT2D eigenvalue weighted by atomic mass is 10.4. The van der Waals surface area contributed by atoms with Gasteiger partial charge in [0.2, 0.25) is 0 Å². The van der Waals surface area contributed by atoms with E-state index in [4.69, 9.17) is 48.8 Å². The molecule has 0 unspecified atom stereocenters. The zero-order valence-electron chi connectivity index (χ0n) is 9.17. The lowest BCUT2D eigenvalue weighted by Gasteiger charge is -2.24. The van der Waals surface area contributed by atoms with Gasteiger partial charge in [-0.1, -0.05) is 0 Å². The molecule has 0 rings (SSSR count).